The van der Waals surface area contributed by atoms with Crippen LogP contribution in [0.15, 0.2) is 88.0 Å². The second-order valence-corrected chi connectivity index (χ2v) is 7.91. The summed E-state index contributed by atoms with van der Waals surface area (Å²) < 4.78 is 25.0. The first-order valence-electron chi connectivity index (χ1n) is 11.1. The fourth-order valence-electron chi connectivity index (χ4n) is 3.77. The molecule has 0 saturated heterocycles. The summed E-state index contributed by atoms with van der Waals surface area (Å²) in [6, 6.07) is 17.3. The second-order valence-electron chi connectivity index (χ2n) is 7.91. The Labute approximate surface area is 211 Å². The number of nitrogens with one attached hydrogen (secondary N) is 2. The number of para-hydroxylation sites is 2. The van der Waals surface area contributed by atoms with Gasteiger partial charge in [-0.25, -0.2) is 9.18 Å². The van der Waals surface area contributed by atoms with Crippen molar-refractivity contribution in [3.63, 3.8) is 0 Å². The van der Waals surface area contributed by atoms with Crippen molar-refractivity contribution in [1.29, 1.82) is 0 Å². The zero-order valence-corrected chi connectivity index (χ0v) is 19.9. The molecule has 1 aromatic heterocycles. The largest absolute Gasteiger partial charge is 0.465 e. The van der Waals surface area contributed by atoms with Crippen molar-refractivity contribution in [1.82, 2.24) is 5.32 Å². The highest BCUT2D eigenvalue weighted by Gasteiger charge is 2.39. The van der Waals surface area contributed by atoms with E-state index in [1.54, 1.807) is 42.5 Å². The summed E-state index contributed by atoms with van der Waals surface area (Å²) in [5.41, 5.74) is 0.604. The number of allylic oxidation sites excluding steroid dienone is 1. The lowest BCUT2D eigenvalue weighted by Gasteiger charge is -2.18. The van der Waals surface area contributed by atoms with E-state index in [-0.39, 0.29) is 34.8 Å². The van der Waals surface area contributed by atoms with Crippen molar-refractivity contribution < 1.29 is 32.7 Å². The van der Waals surface area contributed by atoms with Crippen LogP contribution in [-0.4, -0.2) is 30.8 Å². The lowest BCUT2D eigenvalue weighted by atomic mass is 10.1. The summed E-state index contributed by atoms with van der Waals surface area (Å²) in [4.78, 5) is 51.0. The number of methoxy groups -OCH3 is 1. The number of ether oxygens (including phenoxy) is 1. The van der Waals surface area contributed by atoms with Gasteiger partial charge in [-0.05, 0) is 49.4 Å². The third-order valence-electron chi connectivity index (χ3n) is 5.51. The molecule has 1 aliphatic rings. The highest BCUT2D eigenvalue weighted by atomic mass is 19.1. The first-order valence-corrected chi connectivity index (χ1v) is 11.1. The molecule has 37 heavy (non-hydrogen) atoms. The minimum Gasteiger partial charge on any atom is -0.465 e. The van der Waals surface area contributed by atoms with Crippen molar-refractivity contribution in [3.05, 3.63) is 101 Å². The Morgan fingerprint density at radius 2 is 1.70 bits per heavy atom. The van der Waals surface area contributed by atoms with Crippen LogP contribution in [-0.2, 0) is 30.5 Å². The molecule has 1 aliphatic heterocycles. The number of amides is 3. The van der Waals surface area contributed by atoms with Crippen molar-refractivity contribution >= 4 is 41.1 Å². The molecule has 3 amide bonds. The van der Waals surface area contributed by atoms with Crippen molar-refractivity contribution in [2.24, 2.45) is 0 Å². The third kappa shape index (κ3) is 5.32. The maximum Gasteiger partial charge on any atom is 0.340 e. The van der Waals surface area contributed by atoms with Crippen LogP contribution in [0, 0.1) is 5.82 Å². The number of rotatable bonds is 6. The lowest BCUT2D eigenvalue weighted by molar-refractivity contribution is -0.136. The molecule has 0 fully saturated rings. The number of furan rings is 1. The van der Waals surface area contributed by atoms with E-state index in [2.05, 4.69) is 10.6 Å². The van der Waals surface area contributed by atoms with E-state index in [0.717, 1.165) is 4.90 Å². The number of anilines is 2. The Kier molecular flexibility index (Phi) is 7.28. The molecular weight excluding hydrogens is 481 g/mol. The number of hydrogen-bond acceptors (Lipinski definition) is 6. The van der Waals surface area contributed by atoms with E-state index in [1.165, 1.54) is 44.4 Å². The van der Waals surface area contributed by atoms with Crippen LogP contribution < -0.4 is 15.5 Å². The Hall–Kier alpha value is -4.99. The maximum atomic E-state index is 14.5. The summed E-state index contributed by atoms with van der Waals surface area (Å²) in [6.07, 6.45) is 1.34. The average Bonchev–Trinajstić information content (AvgIpc) is 3.44. The fraction of sp³-hybridized carbons (Fsp3) is 0.111. The molecule has 0 unspecified atom stereocenters. The fourth-order valence-corrected chi connectivity index (χ4v) is 3.77. The topological polar surface area (TPSA) is 118 Å². The SMILES string of the molecule is COC(=O)C1=C(C)N(c2ccccc2F)C(=O)/C1=C/c1ccc(CNC(=O)C(=O)Nc2ccccc2)o1. The molecular formula is C27H22FN3O6. The molecule has 2 aromatic carbocycles. The van der Waals surface area contributed by atoms with Crippen LogP contribution in [0.25, 0.3) is 6.08 Å². The standard InChI is InChI=1S/C27H22FN3O6/c1-16-23(27(35)36-2)20(26(34)31(16)22-11-7-6-10-21(22)28)14-18-12-13-19(37-18)15-29-24(32)25(33)30-17-8-4-3-5-9-17/h3-14H,15H2,1-2H3,(H,29,32)(H,30,33)/b20-14+. The van der Waals surface area contributed by atoms with Crippen LogP contribution in [0.3, 0.4) is 0 Å². The van der Waals surface area contributed by atoms with Gasteiger partial charge >= 0.3 is 17.8 Å². The number of halogens is 1. The van der Waals surface area contributed by atoms with Crippen LogP contribution in [0.4, 0.5) is 15.8 Å². The lowest BCUT2D eigenvalue weighted by Crippen LogP contribution is -2.34. The molecule has 0 aliphatic carbocycles. The molecule has 0 atom stereocenters. The molecule has 0 radical (unpaired) electrons. The van der Waals surface area contributed by atoms with Gasteiger partial charge in [-0.15, -0.1) is 0 Å². The number of nitrogens with zero attached hydrogens (tertiary/aromatic N) is 1. The molecule has 2 N–H and O–H groups in total. The van der Waals surface area contributed by atoms with Crippen molar-refractivity contribution in [3.8, 4) is 0 Å². The highest BCUT2D eigenvalue weighted by Crippen LogP contribution is 2.36. The number of hydrogen-bond donors (Lipinski definition) is 2. The van der Waals surface area contributed by atoms with Gasteiger partial charge in [0.15, 0.2) is 0 Å². The number of benzene rings is 2. The summed E-state index contributed by atoms with van der Waals surface area (Å²) in [5, 5.41) is 4.92. The Morgan fingerprint density at radius 1 is 1.00 bits per heavy atom. The van der Waals surface area contributed by atoms with Crippen LogP contribution in [0.1, 0.15) is 18.4 Å². The molecule has 4 rings (SSSR count). The number of esters is 1. The minimum atomic E-state index is -0.863. The van der Waals surface area contributed by atoms with E-state index in [9.17, 15) is 23.6 Å². The van der Waals surface area contributed by atoms with Crippen LogP contribution in [0.5, 0.6) is 0 Å². The number of carbonyl (C=O) groups is 4. The quantitative estimate of drug-likeness (QED) is 0.302. The van der Waals surface area contributed by atoms with E-state index in [1.807, 2.05) is 0 Å². The molecule has 10 heteroatoms. The van der Waals surface area contributed by atoms with Gasteiger partial charge in [0.2, 0.25) is 0 Å². The zero-order valence-electron chi connectivity index (χ0n) is 19.9. The van der Waals surface area contributed by atoms with Gasteiger partial charge in [0.1, 0.15) is 17.3 Å². The third-order valence-corrected chi connectivity index (χ3v) is 5.51. The zero-order chi connectivity index (χ0) is 26.5. The normalized spacial score (nSPS) is 14.2. The van der Waals surface area contributed by atoms with E-state index < -0.39 is 29.5 Å². The number of carbonyl (C=O) groups excluding carboxylic acids is 4. The maximum absolute atomic E-state index is 14.5. The Bertz CT molecular complexity index is 1440. The first kappa shape index (κ1) is 25.1. The minimum absolute atomic E-state index is 0.00794. The predicted octanol–water partition coefficient (Wildman–Crippen LogP) is 3.55. The second kappa shape index (κ2) is 10.7. The molecule has 0 spiro atoms. The smallest absolute Gasteiger partial charge is 0.340 e. The molecule has 0 saturated carbocycles. The van der Waals surface area contributed by atoms with Crippen LogP contribution in [0.2, 0.25) is 0 Å². The van der Waals surface area contributed by atoms with Gasteiger partial charge in [0.25, 0.3) is 5.91 Å². The molecule has 2 heterocycles. The molecule has 188 valence electrons. The van der Waals surface area contributed by atoms with Gasteiger partial charge in [-0.2, -0.15) is 0 Å². The molecule has 0 bridgehead atoms. The summed E-state index contributed by atoms with van der Waals surface area (Å²) in [7, 11) is 1.18. The van der Waals surface area contributed by atoms with Gasteiger partial charge in [-0.3, -0.25) is 19.3 Å². The highest BCUT2D eigenvalue weighted by molar-refractivity contribution is 6.39. The van der Waals surface area contributed by atoms with Gasteiger partial charge < -0.3 is 19.8 Å². The summed E-state index contributed by atoms with van der Waals surface area (Å²) in [5.74, 6) is -3.24. The van der Waals surface area contributed by atoms with Gasteiger partial charge in [0, 0.05) is 11.4 Å². The van der Waals surface area contributed by atoms with Gasteiger partial charge in [0.05, 0.1) is 30.5 Å². The monoisotopic (exact) mass is 503 g/mol. The average molecular weight is 503 g/mol. The summed E-state index contributed by atoms with van der Waals surface area (Å²) >= 11 is 0. The van der Waals surface area contributed by atoms with Crippen LogP contribution >= 0.6 is 0 Å². The van der Waals surface area contributed by atoms with E-state index in [4.69, 9.17) is 9.15 Å². The van der Waals surface area contributed by atoms with E-state index >= 15 is 0 Å². The molecule has 9 nitrogen and oxygen atoms in total. The predicted molar refractivity (Wildman–Crippen MR) is 132 cm³/mol. The first-order chi connectivity index (χ1) is 17.8. The van der Waals surface area contributed by atoms with E-state index in [0.29, 0.717) is 11.4 Å². The van der Waals surface area contributed by atoms with Crippen molar-refractivity contribution in [2.45, 2.75) is 13.5 Å². The van der Waals surface area contributed by atoms with Gasteiger partial charge in [-0.1, -0.05) is 30.3 Å². The Balaban J connectivity index is 1.51. The Morgan fingerprint density at radius 3 is 2.41 bits per heavy atom. The summed E-state index contributed by atoms with van der Waals surface area (Å²) in [6.45, 7) is 1.42. The molecule has 3 aromatic rings. The van der Waals surface area contributed by atoms with Crippen molar-refractivity contribution in [2.75, 3.05) is 17.3 Å².